The molecule has 0 amide bonds. The molecule has 3 N–H and O–H groups in total. The van der Waals surface area contributed by atoms with Crippen LogP contribution in [0.2, 0.25) is 0 Å². The molecule has 0 spiro atoms. The van der Waals surface area contributed by atoms with Crippen LogP contribution in [0.15, 0.2) is 54.7 Å². The lowest BCUT2D eigenvalue weighted by molar-refractivity contribution is 0.412. The second-order valence-electron chi connectivity index (χ2n) is 7.77. The molecule has 1 aromatic heterocycles. The van der Waals surface area contributed by atoms with E-state index in [4.69, 9.17) is 12.2 Å². The van der Waals surface area contributed by atoms with Gasteiger partial charge in [0.2, 0.25) is 0 Å². The second-order valence-corrected chi connectivity index (χ2v) is 8.18. The van der Waals surface area contributed by atoms with Gasteiger partial charge in [0, 0.05) is 62.4 Å². The fourth-order valence-corrected chi connectivity index (χ4v) is 3.63. The lowest BCUT2D eigenvalue weighted by Gasteiger charge is -2.21. The molecule has 0 bridgehead atoms. The molecule has 6 heteroatoms. The topological polar surface area (TPSA) is 46.3 Å². The summed E-state index contributed by atoms with van der Waals surface area (Å²) in [4.78, 5) is 7.67. The number of fused-ring (bicyclic) bond motifs is 1. The molecule has 0 saturated heterocycles. The highest BCUT2D eigenvalue weighted by molar-refractivity contribution is 7.80. The van der Waals surface area contributed by atoms with Crippen molar-refractivity contribution in [2.75, 3.05) is 52.7 Å². The molecule has 5 nitrogen and oxygen atoms in total. The summed E-state index contributed by atoms with van der Waals surface area (Å²) in [7, 11) is 8.24. The third-order valence-corrected chi connectivity index (χ3v) is 5.41. The first-order valence-electron chi connectivity index (χ1n) is 9.95. The van der Waals surface area contributed by atoms with Crippen molar-refractivity contribution in [3.63, 3.8) is 0 Å². The Balaban J connectivity index is 1.81. The third kappa shape index (κ3) is 5.49. The zero-order valence-electron chi connectivity index (χ0n) is 17.7. The Bertz CT molecular complexity index is 930. The summed E-state index contributed by atoms with van der Waals surface area (Å²) in [6, 6.07) is 17.2. The highest BCUT2D eigenvalue weighted by atomic mass is 32.1. The maximum atomic E-state index is 5.50. The molecule has 0 saturated carbocycles. The fourth-order valence-electron chi connectivity index (χ4n) is 3.44. The van der Waals surface area contributed by atoms with E-state index in [2.05, 4.69) is 108 Å². The number of nitrogens with zero attached hydrogens (tertiary/aromatic N) is 2. The second kappa shape index (κ2) is 9.76. The number of H-pyrrole nitrogens is 1. The van der Waals surface area contributed by atoms with E-state index in [9.17, 15) is 0 Å². The van der Waals surface area contributed by atoms with Crippen LogP contribution in [0.1, 0.15) is 17.0 Å². The minimum Gasteiger partial charge on any atom is -0.378 e. The number of hydrogen-bond donors (Lipinski definition) is 3. The van der Waals surface area contributed by atoms with E-state index in [-0.39, 0.29) is 5.92 Å². The monoisotopic (exact) mass is 409 g/mol. The van der Waals surface area contributed by atoms with Crippen molar-refractivity contribution >= 4 is 33.9 Å². The molecule has 0 aliphatic carbocycles. The first kappa shape index (κ1) is 21.1. The molecule has 1 heterocycles. The summed E-state index contributed by atoms with van der Waals surface area (Å²) in [5.41, 5.74) is 4.90. The number of aromatic amines is 1. The van der Waals surface area contributed by atoms with Gasteiger partial charge in [0.1, 0.15) is 0 Å². The molecule has 3 rings (SSSR count). The smallest absolute Gasteiger partial charge is 0.166 e. The number of nitrogens with one attached hydrogen (secondary N) is 3. The Morgan fingerprint density at radius 2 is 1.72 bits per heavy atom. The van der Waals surface area contributed by atoms with Crippen LogP contribution in [0.25, 0.3) is 10.9 Å². The number of rotatable bonds is 8. The van der Waals surface area contributed by atoms with Gasteiger partial charge in [-0.1, -0.05) is 30.3 Å². The molecule has 29 heavy (non-hydrogen) atoms. The Labute approximate surface area is 179 Å². The Hall–Kier alpha value is -2.57. The molecule has 3 aromatic rings. The van der Waals surface area contributed by atoms with Crippen molar-refractivity contribution in [1.29, 1.82) is 0 Å². The predicted molar refractivity (Wildman–Crippen MR) is 128 cm³/mol. The largest absolute Gasteiger partial charge is 0.378 e. The normalized spacial score (nSPS) is 12.2. The van der Waals surface area contributed by atoms with E-state index >= 15 is 0 Å². The molecule has 0 fully saturated rings. The first-order chi connectivity index (χ1) is 14.0. The number of likely N-dealkylation sites (N-methyl/N-ethyl adjacent to an activating group) is 1. The van der Waals surface area contributed by atoms with Gasteiger partial charge in [-0.05, 0) is 55.6 Å². The molecule has 0 radical (unpaired) electrons. The van der Waals surface area contributed by atoms with Gasteiger partial charge in [-0.25, -0.2) is 0 Å². The van der Waals surface area contributed by atoms with Gasteiger partial charge < -0.3 is 25.4 Å². The van der Waals surface area contributed by atoms with Crippen molar-refractivity contribution < 1.29 is 0 Å². The van der Waals surface area contributed by atoms with Gasteiger partial charge in [-0.2, -0.15) is 0 Å². The summed E-state index contributed by atoms with van der Waals surface area (Å²) < 4.78 is 0. The average Bonchev–Trinajstić information content (AvgIpc) is 3.12. The number of para-hydroxylation sites is 1. The SMILES string of the molecule is CN(C)CCNC(=S)NC[C@@H](c1ccc(N(C)C)cc1)c1c[nH]c2ccccc12. The number of aromatic nitrogens is 1. The van der Waals surface area contributed by atoms with E-state index in [0.717, 1.165) is 25.2 Å². The number of anilines is 1. The molecule has 0 unspecified atom stereocenters. The summed E-state index contributed by atoms with van der Waals surface area (Å²) in [6.45, 7) is 2.50. The lowest BCUT2D eigenvalue weighted by Crippen LogP contribution is -2.40. The van der Waals surface area contributed by atoms with Gasteiger partial charge in [-0.3, -0.25) is 0 Å². The minimum atomic E-state index is 0.191. The van der Waals surface area contributed by atoms with Crippen molar-refractivity contribution in [2.24, 2.45) is 0 Å². The van der Waals surface area contributed by atoms with Gasteiger partial charge in [0.15, 0.2) is 5.11 Å². The standard InChI is InChI=1S/C23H31N5S/c1-27(2)14-13-24-23(29)26-15-20(17-9-11-18(12-10-17)28(3)4)21-16-25-22-8-6-5-7-19(21)22/h5-12,16,20,25H,13-15H2,1-4H3,(H2,24,26,29)/t20-/m0/s1. The lowest BCUT2D eigenvalue weighted by atomic mass is 9.90. The Morgan fingerprint density at radius 1 is 1.00 bits per heavy atom. The highest BCUT2D eigenvalue weighted by Gasteiger charge is 2.18. The molecule has 0 aliphatic heterocycles. The maximum absolute atomic E-state index is 5.50. The van der Waals surface area contributed by atoms with E-state index in [1.54, 1.807) is 0 Å². The molecule has 154 valence electrons. The molecule has 2 aromatic carbocycles. The van der Waals surface area contributed by atoms with Crippen LogP contribution in [-0.2, 0) is 0 Å². The van der Waals surface area contributed by atoms with Gasteiger partial charge >= 0.3 is 0 Å². The van der Waals surface area contributed by atoms with Crippen molar-refractivity contribution in [3.05, 3.63) is 65.9 Å². The van der Waals surface area contributed by atoms with E-state index in [1.807, 2.05) is 0 Å². The summed E-state index contributed by atoms with van der Waals surface area (Å²) in [6.07, 6.45) is 2.12. The summed E-state index contributed by atoms with van der Waals surface area (Å²) in [5, 5.41) is 8.66. The van der Waals surface area contributed by atoms with Crippen LogP contribution in [0.4, 0.5) is 5.69 Å². The van der Waals surface area contributed by atoms with Crippen LogP contribution >= 0.6 is 12.2 Å². The number of hydrogen-bond acceptors (Lipinski definition) is 3. The van der Waals surface area contributed by atoms with E-state index in [1.165, 1.54) is 22.2 Å². The van der Waals surface area contributed by atoms with Crippen LogP contribution in [0, 0.1) is 0 Å². The number of thiocarbonyl (C=S) groups is 1. The quantitative estimate of drug-likeness (QED) is 0.498. The minimum absolute atomic E-state index is 0.191. The Morgan fingerprint density at radius 3 is 2.41 bits per heavy atom. The zero-order valence-corrected chi connectivity index (χ0v) is 18.5. The third-order valence-electron chi connectivity index (χ3n) is 5.12. The highest BCUT2D eigenvalue weighted by Crippen LogP contribution is 2.31. The molecular weight excluding hydrogens is 378 g/mol. The van der Waals surface area contributed by atoms with Crippen molar-refractivity contribution in [3.8, 4) is 0 Å². The van der Waals surface area contributed by atoms with Gasteiger partial charge in [0.25, 0.3) is 0 Å². The van der Waals surface area contributed by atoms with Gasteiger partial charge in [0.05, 0.1) is 0 Å². The maximum Gasteiger partial charge on any atom is 0.166 e. The van der Waals surface area contributed by atoms with Gasteiger partial charge in [-0.15, -0.1) is 0 Å². The van der Waals surface area contributed by atoms with E-state index in [0.29, 0.717) is 5.11 Å². The van der Waals surface area contributed by atoms with Crippen molar-refractivity contribution in [1.82, 2.24) is 20.5 Å². The van der Waals surface area contributed by atoms with Crippen LogP contribution in [0.5, 0.6) is 0 Å². The Kier molecular flexibility index (Phi) is 7.12. The van der Waals surface area contributed by atoms with Crippen molar-refractivity contribution in [2.45, 2.75) is 5.92 Å². The fraction of sp³-hybridized carbons (Fsp3) is 0.348. The van der Waals surface area contributed by atoms with Crippen LogP contribution < -0.4 is 15.5 Å². The predicted octanol–water partition coefficient (Wildman–Crippen LogP) is 3.39. The molecular formula is C23H31N5S. The summed E-state index contributed by atoms with van der Waals surface area (Å²) in [5.74, 6) is 0.191. The van der Waals surface area contributed by atoms with Crippen LogP contribution in [-0.4, -0.2) is 62.8 Å². The average molecular weight is 410 g/mol. The summed E-state index contributed by atoms with van der Waals surface area (Å²) >= 11 is 5.50. The first-order valence-corrected chi connectivity index (χ1v) is 10.4. The van der Waals surface area contributed by atoms with E-state index < -0.39 is 0 Å². The molecule has 0 aliphatic rings. The van der Waals surface area contributed by atoms with Crippen LogP contribution in [0.3, 0.4) is 0 Å². The molecule has 1 atom stereocenters. The number of benzene rings is 2. The zero-order chi connectivity index (χ0) is 20.8.